The Morgan fingerprint density at radius 3 is 2.33 bits per heavy atom. The zero-order valence-corrected chi connectivity index (χ0v) is 11.0. The highest BCUT2D eigenvalue weighted by Crippen LogP contribution is 2.43. The molecule has 0 saturated carbocycles. The van der Waals surface area contributed by atoms with Gasteiger partial charge in [0.1, 0.15) is 5.75 Å². The molecule has 0 bridgehead atoms. The monoisotopic (exact) mass is 303 g/mol. The van der Waals surface area contributed by atoms with Crippen LogP contribution in [0, 0.1) is 10.1 Å². The first-order chi connectivity index (χ1) is 9.93. The summed E-state index contributed by atoms with van der Waals surface area (Å²) in [5.41, 5.74) is -0.769. The molecule has 2 aromatic carbocycles. The summed E-state index contributed by atoms with van der Waals surface area (Å²) in [6, 6.07) is 3.98. The number of phenolic OH excluding ortho intramolecular Hbond substituents is 1. The molecule has 2 aromatic rings. The van der Waals surface area contributed by atoms with Crippen molar-refractivity contribution in [2.24, 2.45) is 0 Å². The number of carbonyl (C=O) groups excluding carboxylic acids is 2. The molecule has 0 unspecified atom stereocenters. The molecule has 0 aromatic heterocycles. The van der Waals surface area contributed by atoms with Gasteiger partial charge in [-0.15, -0.1) is 0 Å². The molecule has 7 heteroatoms. The van der Waals surface area contributed by atoms with E-state index in [1.54, 1.807) is 0 Å². The average Bonchev–Trinajstić information content (AvgIpc) is 2.46. The van der Waals surface area contributed by atoms with Gasteiger partial charge in [-0.25, -0.2) is 0 Å². The van der Waals surface area contributed by atoms with Gasteiger partial charge in [-0.1, -0.05) is 23.7 Å². The number of aromatic hydroxyl groups is 1. The molecule has 0 aliphatic heterocycles. The molecule has 1 aliphatic rings. The maximum absolute atomic E-state index is 11.9. The molecule has 21 heavy (non-hydrogen) atoms. The highest BCUT2D eigenvalue weighted by Gasteiger charge is 2.31. The number of rotatable bonds is 1. The summed E-state index contributed by atoms with van der Waals surface area (Å²) >= 11 is 6.12. The Morgan fingerprint density at radius 1 is 1.10 bits per heavy atom. The van der Waals surface area contributed by atoms with E-state index in [2.05, 4.69) is 0 Å². The number of halogens is 1. The smallest absolute Gasteiger partial charge is 0.278 e. The Hall–Kier alpha value is -2.73. The van der Waals surface area contributed by atoms with E-state index in [1.165, 1.54) is 18.2 Å². The minimum Gasteiger partial charge on any atom is -0.506 e. The molecular weight excluding hydrogens is 298 g/mol. The quantitative estimate of drug-likeness (QED) is 0.645. The SMILES string of the molecule is O=C1C=CC(=O)c2c1c(O)c1cccc([N+](=O)[O-])c1c2Cl. The third-order valence-corrected chi connectivity index (χ3v) is 3.68. The number of nitro groups is 1. The lowest BCUT2D eigenvalue weighted by Crippen LogP contribution is -2.13. The molecule has 1 N–H and O–H groups in total. The number of allylic oxidation sites excluding steroid dienone is 2. The number of phenols is 1. The average molecular weight is 304 g/mol. The van der Waals surface area contributed by atoms with Crippen molar-refractivity contribution in [1.29, 1.82) is 0 Å². The number of hydrogen-bond donors (Lipinski definition) is 1. The predicted octanol–water partition coefficient (Wildman–Crippen LogP) is 3.04. The summed E-state index contributed by atoms with van der Waals surface area (Å²) in [5.74, 6) is -1.63. The summed E-state index contributed by atoms with van der Waals surface area (Å²) < 4.78 is 0. The standard InChI is InChI=1S/C14H6ClNO5/c15-13-10-6(2-1-3-7(10)16(20)21)14(19)12-9(18)5-4-8(17)11(12)13/h1-5,19H. The van der Waals surface area contributed by atoms with Gasteiger partial charge in [-0.2, -0.15) is 0 Å². The van der Waals surface area contributed by atoms with Crippen molar-refractivity contribution in [3.05, 3.63) is 56.6 Å². The number of nitro benzene ring substituents is 1. The lowest BCUT2D eigenvalue weighted by atomic mass is 9.90. The van der Waals surface area contributed by atoms with E-state index in [0.717, 1.165) is 12.2 Å². The zero-order chi connectivity index (χ0) is 15.3. The second-order valence-corrected chi connectivity index (χ2v) is 4.81. The van der Waals surface area contributed by atoms with Crippen LogP contribution in [-0.4, -0.2) is 21.6 Å². The number of hydrogen-bond acceptors (Lipinski definition) is 5. The van der Waals surface area contributed by atoms with Crippen LogP contribution >= 0.6 is 11.6 Å². The van der Waals surface area contributed by atoms with Crippen molar-refractivity contribution in [2.75, 3.05) is 0 Å². The molecule has 0 radical (unpaired) electrons. The summed E-state index contributed by atoms with van der Waals surface area (Å²) in [6.07, 6.45) is 2.06. The third-order valence-electron chi connectivity index (χ3n) is 3.30. The lowest BCUT2D eigenvalue weighted by Gasteiger charge is -2.15. The number of fused-ring (bicyclic) bond motifs is 2. The summed E-state index contributed by atoms with van der Waals surface area (Å²) in [4.78, 5) is 34.2. The van der Waals surface area contributed by atoms with Gasteiger partial charge in [0.05, 0.1) is 26.5 Å². The minimum absolute atomic E-state index is 0.0585. The summed E-state index contributed by atoms with van der Waals surface area (Å²) in [5, 5.41) is 21.1. The first-order valence-electron chi connectivity index (χ1n) is 5.81. The van der Waals surface area contributed by atoms with Crippen molar-refractivity contribution in [1.82, 2.24) is 0 Å². The molecule has 3 rings (SSSR count). The predicted molar refractivity (Wildman–Crippen MR) is 75.1 cm³/mol. The Labute approximate surface area is 122 Å². The molecule has 0 heterocycles. The molecule has 104 valence electrons. The van der Waals surface area contributed by atoms with Gasteiger partial charge < -0.3 is 5.11 Å². The highest BCUT2D eigenvalue weighted by atomic mass is 35.5. The molecule has 0 spiro atoms. The second-order valence-electron chi connectivity index (χ2n) is 4.43. The van der Waals surface area contributed by atoms with E-state index in [0.29, 0.717) is 0 Å². The van der Waals surface area contributed by atoms with Crippen LogP contribution in [-0.2, 0) is 0 Å². The molecule has 0 fully saturated rings. The summed E-state index contributed by atoms with van der Waals surface area (Å²) in [6.45, 7) is 0. The largest absolute Gasteiger partial charge is 0.506 e. The Balaban J connectivity index is 2.58. The van der Waals surface area contributed by atoms with E-state index in [-0.39, 0.29) is 32.6 Å². The van der Waals surface area contributed by atoms with Crippen LogP contribution in [0.4, 0.5) is 5.69 Å². The fourth-order valence-corrected chi connectivity index (χ4v) is 2.78. The van der Waals surface area contributed by atoms with Crippen LogP contribution in [0.15, 0.2) is 30.4 Å². The number of benzene rings is 2. The van der Waals surface area contributed by atoms with Crippen molar-refractivity contribution in [3.63, 3.8) is 0 Å². The fourth-order valence-electron chi connectivity index (χ4n) is 2.40. The molecule has 6 nitrogen and oxygen atoms in total. The van der Waals surface area contributed by atoms with Crippen molar-refractivity contribution >= 4 is 39.6 Å². The molecule has 0 saturated heterocycles. The van der Waals surface area contributed by atoms with Crippen LogP contribution < -0.4 is 0 Å². The van der Waals surface area contributed by atoms with Gasteiger partial charge in [-0.05, 0) is 12.2 Å². The lowest BCUT2D eigenvalue weighted by molar-refractivity contribution is -0.383. The van der Waals surface area contributed by atoms with E-state index in [1.807, 2.05) is 0 Å². The van der Waals surface area contributed by atoms with Crippen LogP contribution in [0.25, 0.3) is 10.8 Å². The van der Waals surface area contributed by atoms with Gasteiger partial charge in [-0.3, -0.25) is 19.7 Å². The van der Waals surface area contributed by atoms with Gasteiger partial charge >= 0.3 is 0 Å². The molecule has 1 aliphatic carbocycles. The van der Waals surface area contributed by atoms with E-state index in [9.17, 15) is 24.8 Å². The number of non-ortho nitro benzene ring substituents is 1. The molecule has 0 atom stereocenters. The zero-order valence-electron chi connectivity index (χ0n) is 10.3. The highest BCUT2D eigenvalue weighted by molar-refractivity contribution is 6.43. The maximum atomic E-state index is 11.9. The van der Waals surface area contributed by atoms with E-state index < -0.39 is 22.2 Å². The van der Waals surface area contributed by atoms with Crippen molar-refractivity contribution in [2.45, 2.75) is 0 Å². The maximum Gasteiger partial charge on any atom is 0.278 e. The second kappa shape index (κ2) is 4.39. The van der Waals surface area contributed by atoms with Crippen molar-refractivity contribution < 1.29 is 19.6 Å². The van der Waals surface area contributed by atoms with Crippen LogP contribution in [0.1, 0.15) is 20.7 Å². The topological polar surface area (TPSA) is 97.5 Å². The first kappa shape index (κ1) is 13.3. The molecular formula is C14H6ClNO5. The minimum atomic E-state index is -0.662. The van der Waals surface area contributed by atoms with Crippen molar-refractivity contribution in [3.8, 4) is 5.75 Å². The third kappa shape index (κ3) is 1.73. The van der Waals surface area contributed by atoms with Gasteiger partial charge in [0.15, 0.2) is 11.6 Å². The fraction of sp³-hybridized carbons (Fsp3) is 0. The van der Waals surface area contributed by atoms with Gasteiger partial charge in [0.2, 0.25) is 0 Å². The van der Waals surface area contributed by atoms with E-state index in [4.69, 9.17) is 11.6 Å². The van der Waals surface area contributed by atoms with E-state index >= 15 is 0 Å². The first-order valence-corrected chi connectivity index (χ1v) is 6.19. The van der Waals surface area contributed by atoms with Crippen LogP contribution in [0.2, 0.25) is 5.02 Å². The Morgan fingerprint density at radius 2 is 1.71 bits per heavy atom. The van der Waals surface area contributed by atoms with Crippen LogP contribution in [0.5, 0.6) is 5.75 Å². The molecule has 0 amide bonds. The number of nitrogens with zero attached hydrogens (tertiary/aromatic N) is 1. The normalized spacial score (nSPS) is 13.6. The van der Waals surface area contributed by atoms with Gasteiger partial charge in [0, 0.05) is 11.5 Å². The Bertz CT molecular complexity index is 885. The van der Waals surface area contributed by atoms with Gasteiger partial charge in [0.25, 0.3) is 5.69 Å². The number of carbonyl (C=O) groups is 2. The van der Waals surface area contributed by atoms with Crippen LogP contribution in [0.3, 0.4) is 0 Å². The number of ketones is 2. The summed E-state index contributed by atoms with van der Waals surface area (Å²) in [7, 11) is 0. The Kier molecular flexibility index (Phi) is 2.77.